The van der Waals surface area contributed by atoms with Crippen LogP contribution in [0.3, 0.4) is 0 Å². The van der Waals surface area contributed by atoms with Crippen LogP contribution in [-0.2, 0) is 11.2 Å². The Bertz CT molecular complexity index is 620. The summed E-state index contributed by atoms with van der Waals surface area (Å²) >= 11 is 6.01. The van der Waals surface area contributed by atoms with Crippen molar-refractivity contribution in [2.75, 3.05) is 0 Å². The quantitative estimate of drug-likeness (QED) is 0.935. The van der Waals surface area contributed by atoms with E-state index in [0.717, 1.165) is 22.6 Å². The highest BCUT2D eigenvalue weighted by Gasteiger charge is 2.10. The van der Waals surface area contributed by atoms with Crippen LogP contribution in [0.25, 0.3) is 5.69 Å². The first kappa shape index (κ1) is 13.6. The third kappa shape index (κ3) is 3.15. The Morgan fingerprint density at radius 1 is 1.37 bits per heavy atom. The third-order valence-electron chi connectivity index (χ3n) is 2.93. The van der Waals surface area contributed by atoms with Crippen molar-refractivity contribution in [2.24, 2.45) is 0 Å². The van der Waals surface area contributed by atoms with E-state index < -0.39 is 5.97 Å². The van der Waals surface area contributed by atoms with Gasteiger partial charge in [-0.2, -0.15) is 5.10 Å². The lowest BCUT2D eigenvalue weighted by Gasteiger charge is -2.08. The molecule has 2 rings (SSSR count). The lowest BCUT2D eigenvalue weighted by Crippen LogP contribution is -2.03. The molecule has 0 fully saturated rings. The molecule has 1 heterocycles. The Kier molecular flexibility index (Phi) is 3.90. The molecule has 1 aromatic heterocycles. The number of rotatable bonds is 4. The number of carboxylic acids is 1. The zero-order valence-corrected chi connectivity index (χ0v) is 11.6. The van der Waals surface area contributed by atoms with Gasteiger partial charge >= 0.3 is 5.97 Å². The van der Waals surface area contributed by atoms with Crippen LogP contribution in [-0.4, -0.2) is 20.9 Å². The van der Waals surface area contributed by atoms with E-state index in [9.17, 15) is 4.79 Å². The number of aromatic nitrogens is 2. The van der Waals surface area contributed by atoms with Crippen LogP contribution in [0, 0.1) is 13.8 Å². The van der Waals surface area contributed by atoms with Gasteiger partial charge in [-0.1, -0.05) is 17.7 Å². The highest BCUT2D eigenvalue weighted by molar-refractivity contribution is 6.30. The number of carbonyl (C=O) groups is 1. The summed E-state index contributed by atoms with van der Waals surface area (Å²) in [4.78, 5) is 10.6. The monoisotopic (exact) mass is 278 g/mol. The molecule has 0 aliphatic rings. The molecule has 0 radical (unpaired) electrons. The minimum atomic E-state index is -0.814. The lowest BCUT2D eigenvalue weighted by molar-refractivity contribution is -0.136. The predicted octanol–water partition coefficient (Wildman–Crippen LogP) is 3.16. The smallest absolute Gasteiger partial charge is 0.303 e. The first-order chi connectivity index (χ1) is 8.97. The van der Waals surface area contributed by atoms with E-state index in [4.69, 9.17) is 16.7 Å². The van der Waals surface area contributed by atoms with Crippen LogP contribution in [0.5, 0.6) is 0 Å². The molecule has 100 valence electrons. The van der Waals surface area contributed by atoms with Crippen molar-refractivity contribution in [3.05, 3.63) is 46.2 Å². The standard InChI is InChI=1S/C14H15ClN2O2/c1-9-3-4-11(15)8-13(9)17-10(2)7-12(16-17)5-6-14(18)19/h3-4,7-8H,5-6H2,1-2H3,(H,18,19). The molecule has 1 N–H and O–H groups in total. The van der Waals surface area contributed by atoms with Gasteiger partial charge in [-0.25, -0.2) is 4.68 Å². The van der Waals surface area contributed by atoms with E-state index in [-0.39, 0.29) is 6.42 Å². The number of halogens is 1. The highest BCUT2D eigenvalue weighted by atomic mass is 35.5. The lowest BCUT2D eigenvalue weighted by atomic mass is 10.2. The summed E-state index contributed by atoms with van der Waals surface area (Å²) in [5.41, 5.74) is 3.73. The maximum absolute atomic E-state index is 10.6. The average molecular weight is 279 g/mol. The summed E-state index contributed by atoms with van der Waals surface area (Å²) in [6, 6.07) is 7.54. The molecule has 19 heavy (non-hydrogen) atoms. The average Bonchev–Trinajstić information content (AvgIpc) is 2.71. The van der Waals surface area contributed by atoms with Crippen molar-refractivity contribution in [1.29, 1.82) is 0 Å². The predicted molar refractivity (Wildman–Crippen MR) is 74.0 cm³/mol. The van der Waals surface area contributed by atoms with Crippen LogP contribution in [0.1, 0.15) is 23.4 Å². The summed E-state index contributed by atoms with van der Waals surface area (Å²) < 4.78 is 1.80. The number of nitrogens with zero attached hydrogens (tertiary/aromatic N) is 2. The van der Waals surface area contributed by atoms with E-state index in [1.54, 1.807) is 4.68 Å². The molecule has 0 aliphatic carbocycles. The minimum Gasteiger partial charge on any atom is -0.481 e. The number of hydrogen-bond donors (Lipinski definition) is 1. The molecule has 0 saturated heterocycles. The van der Waals surface area contributed by atoms with Gasteiger partial charge < -0.3 is 5.11 Å². The van der Waals surface area contributed by atoms with Crippen molar-refractivity contribution in [3.8, 4) is 5.69 Å². The summed E-state index contributed by atoms with van der Waals surface area (Å²) in [5, 5.41) is 13.8. The summed E-state index contributed by atoms with van der Waals surface area (Å²) in [6.07, 6.45) is 0.522. The van der Waals surface area contributed by atoms with Crippen LogP contribution < -0.4 is 0 Å². The fraction of sp³-hybridized carbons (Fsp3) is 0.286. The zero-order valence-electron chi connectivity index (χ0n) is 10.9. The van der Waals surface area contributed by atoms with Gasteiger partial charge in [0.25, 0.3) is 0 Å². The molecule has 0 atom stereocenters. The Balaban J connectivity index is 2.34. The Labute approximate surface area is 116 Å². The van der Waals surface area contributed by atoms with E-state index in [1.165, 1.54) is 0 Å². The molecule has 0 aliphatic heterocycles. The Hall–Kier alpha value is -1.81. The van der Waals surface area contributed by atoms with Crippen molar-refractivity contribution in [2.45, 2.75) is 26.7 Å². The number of hydrogen-bond acceptors (Lipinski definition) is 2. The molecule has 0 bridgehead atoms. The second-order valence-electron chi connectivity index (χ2n) is 4.51. The topological polar surface area (TPSA) is 55.1 Å². The number of aryl methyl sites for hydroxylation is 3. The number of aliphatic carboxylic acids is 1. The van der Waals surface area contributed by atoms with Gasteiger partial charge in [0.1, 0.15) is 0 Å². The van der Waals surface area contributed by atoms with Crippen LogP contribution >= 0.6 is 11.6 Å². The van der Waals surface area contributed by atoms with Crippen LogP contribution in [0.4, 0.5) is 0 Å². The van der Waals surface area contributed by atoms with Crippen LogP contribution in [0.15, 0.2) is 24.3 Å². The van der Waals surface area contributed by atoms with Gasteiger partial charge in [0.05, 0.1) is 17.8 Å². The third-order valence-corrected chi connectivity index (χ3v) is 3.17. The van der Waals surface area contributed by atoms with Gasteiger partial charge in [0.15, 0.2) is 0 Å². The summed E-state index contributed by atoms with van der Waals surface area (Å²) in [7, 11) is 0. The maximum Gasteiger partial charge on any atom is 0.303 e. The SMILES string of the molecule is Cc1ccc(Cl)cc1-n1nc(CCC(=O)O)cc1C. The fourth-order valence-electron chi connectivity index (χ4n) is 1.95. The molecule has 1 aromatic carbocycles. The molecular weight excluding hydrogens is 264 g/mol. The molecule has 5 heteroatoms. The van der Waals surface area contributed by atoms with Crippen molar-refractivity contribution in [3.63, 3.8) is 0 Å². The maximum atomic E-state index is 10.6. The van der Waals surface area contributed by atoms with Crippen molar-refractivity contribution >= 4 is 17.6 Å². The first-order valence-corrected chi connectivity index (χ1v) is 6.39. The normalized spacial score (nSPS) is 10.7. The molecule has 0 amide bonds. The van der Waals surface area contributed by atoms with Gasteiger partial charge in [0.2, 0.25) is 0 Å². The summed E-state index contributed by atoms with van der Waals surface area (Å²) in [6.45, 7) is 3.93. The molecule has 0 spiro atoms. The largest absolute Gasteiger partial charge is 0.481 e. The zero-order chi connectivity index (χ0) is 14.0. The molecule has 2 aromatic rings. The van der Waals surface area contributed by atoms with E-state index in [2.05, 4.69) is 5.10 Å². The van der Waals surface area contributed by atoms with Crippen LogP contribution in [0.2, 0.25) is 5.02 Å². The second-order valence-corrected chi connectivity index (χ2v) is 4.95. The number of carboxylic acid groups (broad SMARTS) is 1. The Morgan fingerprint density at radius 3 is 2.79 bits per heavy atom. The van der Waals surface area contributed by atoms with Gasteiger partial charge in [-0.3, -0.25) is 4.79 Å². The number of benzene rings is 1. The molecular formula is C14H15ClN2O2. The molecule has 0 saturated carbocycles. The van der Waals surface area contributed by atoms with Crippen molar-refractivity contribution in [1.82, 2.24) is 9.78 Å². The first-order valence-electron chi connectivity index (χ1n) is 6.01. The highest BCUT2D eigenvalue weighted by Crippen LogP contribution is 2.21. The van der Waals surface area contributed by atoms with E-state index in [0.29, 0.717) is 11.4 Å². The Morgan fingerprint density at radius 2 is 2.11 bits per heavy atom. The van der Waals surface area contributed by atoms with Gasteiger partial charge in [0, 0.05) is 17.1 Å². The van der Waals surface area contributed by atoms with E-state index in [1.807, 2.05) is 38.1 Å². The summed E-state index contributed by atoms with van der Waals surface area (Å²) in [5.74, 6) is -0.814. The fourth-order valence-corrected chi connectivity index (χ4v) is 2.12. The van der Waals surface area contributed by atoms with E-state index >= 15 is 0 Å². The second kappa shape index (κ2) is 5.45. The van der Waals surface area contributed by atoms with Gasteiger partial charge in [-0.05, 0) is 37.6 Å². The molecule has 4 nitrogen and oxygen atoms in total. The minimum absolute atomic E-state index is 0.0883. The van der Waals surface area contributed by atoms with Crippen molar-refractivity contribution < 1.29 is 9.90 Å². The molecule has 0 unspecified atom stereocenters. The van der Waals surface area contributed by atoms with Gasteiger partial charge in [-0.15, -0.1) is 0 Å².